The van der Waals surface area contributed by atoms with Gasteiger partial charge >= 0.3 is 0 Å². The van der Waals surface area contributed by atoms with E-state index in [-0.39, 0.29) is 5.57 Å². The number of rotatable bonds is 5. The molecule has 0 aliphatic heterocycles. The smallest absolute Gasteiger partial charge is 0.129 e. The van der Waals surface area contributed by atoms with Gasteiger partial charge in [-0.1, -0.05) is 66.8 Å². The molecule has 124 valence electrons. The van der Waals surface area contributed by atoms with Gasteiger partial charge in [-0.15, -0.1) is 0 Å². The largest absolute Gasteiger partial charge is 0.343 e. The summed E-state index contributed by atoms with van der Waals surface area (Å²) < 4.78 is 2.24. The van der Waals surface area contributed by atoms with Gasteiger partial charge in [0.05, 0.1) is 0 Å². The molecule has 0 amide bonds. The first-order chi connectivity index (χ1) is 12.8. The molecule has 0 radical (unpaired) electrons. The first-order valence-electron chi connectivity index (χ1n) is 8.29. The van der Waals surface area contributed by atoms with Gasteiger partial charge in [0, 0.05) is 23.6 Å². The van der Waals surface area contributed by atoms with Gasteiger partial charge in [-0.2, -0.15) is 10.5 Å². The average Bonchev–Trinajstić information content (AvgIpc) is 3.09. The zero-order valence-electron chi connectivity index (χ0n) is 14.2. The lowest BCUT2D eigenvalue weighted by molar-refractivity contribution is 0.837. The Morgan fingerprint density at radius 2 is 1.69 bits per heavy atom. The van der Waals surface area contributed by atoms with Crippen molar-refractivity contribution in [2.24, 2.45) is 0 Å². The molecule has 26 heavy (non-hydrogen) atoms. The summed E-state index contributed by atoms with van der Waals surface area (Å²) in [7, 11) is 0. The summed E-state index contributed by atoms with van der Waals surface area (Å²) in [5, 5.41) is 18.6. The molecule has 0 atom stereocenters. The summed E-state index contributed by atoms with van der Waals surface area (Å²) in [5.41, 5.74) is 3.68. The highest BCUT2D eigenvalue weighted by Gasteiger charge is 2.04. The van der Waals surface area contributed by atoms with Crippen LogP contribution in [0.2, 0.25) is 0 Å². The molecule has 3 heteroatoms. The molecule has 3 nitrogen and oxygen atoms in total. The molecule has 0 saturated heterocycles. The molecule has 1 aromatic heterocycles. The van der Waals surface area contributed by atoms with Crippen molar-refractivity contribution in [3.8, 4) is 12.1 Å². The van der Waals surface area contributed by atoms with E-state index in [0.717, 1.165) is 12.1 Å². The highest BCUT2D eigenvalue weighted by Crippen LogP contribution is 2.22. The van der Waals surface area contributed by atoms with E-state index in [1.54, 1.807) is 6.08 Å². The molecular formula is C23H17N3. The second-order valence-electron chi connectivity index (χ2n) is 5.76. The Morgan fingerprint density at radius 1 is 0.885 bits per heavy atom. The molecule has 2 aromatic carbocycles. The molecule has 0 saturated carbocycles. The van der Waals surface area contributed by atoms with Crippen molar-refractivity contribution in [3.05, 3.63) is 102 Å². The lowest BCUT2D eigenvalue weighted by atomic mass is 10.1. The summed E-state index contributed by atoms with van der Waals surface area (Å²) in [6.07, 6.45) is 11.1. The molecule has 0 aliphatic rings. The Bertz CT molecular complexity index is 1050. The van der Waals surface area contributed by atoms with Crippen LogP contribution in [0.3, 0.4) is 0 Å². The maximum Gasteiger partial charge on any atom is 0.129 e. The molecule has 3 rings (SSSR count). The van der Waals surface area contributed by atoms with Crippen molar-refractivity contribution in [2.45, 2.75) is 6.54 Å². The van der Waals surface area contributed by atoms with Crippen molar-refractivity contribution in [1.29, 1.82) is 10.5 Å². The third-order valence-corrected chi connectivity index (χ3v) is 4.04. The minimum Gasteiger partial charge on any atom is -0.343 e. The predicted molar refractivity (Wildman–Crippen MR) is 105 cm³/mol. The van der Waals surface area contributed by atoms with Gasteiger partial charge in [0.2, 0.25) is 0 Å². The summed E-state index contributed by atoms with van der Waals surface area (Å²) in [4.78, 5) is 0. The topological polar surface area (TPSA) is 52.5 Å². The lowest BCUT2D eigenvalue weighted by Crippen LogP contribution is -1.97. The van der Waals surface area contributed by atoms with E-state index in [4.69, 9.17) is 10.5 Å². The zero-order chi connectivity index (χ0) is 18.2. The van der Waals surface area contributed by atoms with Gasteiger partial charge in [-0.25, -0.2) is 0 Å². The van der Waals surface area contributed by atoms with Crippen LogP contribution >= 0.6 is 0 Å². The van der Waals surface area contributed by atoms with E-state index in [1.165, 1.54) is 22.5 Å². The van der Waals surface area contributed by atoms with Gasteiger partial charge in [0.15, 0.2) is 0 Å². The number of hydrogen-bond acceptors (Lipinski definition) is 2. The minimum absolute atomic E-state index is 0.0924. The Balaban J connectivity index is 1.82. The zero-order valence-corrected chi connectivity index (χ0v) is 14.2. The van der Waals surface area contributed by atoms with Crippen molar-refractivity contribution in [2.75, 3.05) is 0 Å². The van der Waals surface area contributed by atoms with Gasteiger partial charge in [-0.3, -0.25) is 0 Å². The number of nitrogens with zero attached hydrogens (tertiary/aromatic N) is 3. The average molecular weight is 335 g/mol. The highest BCUT2D eigenvalue weighted by atomic mass is 14.9. The summed E-state index contributed by atoms with van der Waals surface area (Å²) in [6.45, 7) is 0.841. The standard InChI is InChI=1S/C23H17N3/c24-16-20(17-25)10-5-2-6-11-21-12-7-13-23-22(21)14-15-26(23)18-19-8-3-1-4-9-19/h1-15H,18H2/b5-2+,11-6+. The number of aromatic nitrogens is 1. The fourth-order valence-electron chi connectivity index (χ4n) is 2.79. The Kier molecular flexibility index (Phi) is 5.45. The van der Waals surface area contributed by atoms with E-state index < -0.39 is 0 Å². The van der Waals surface area contributed by atoms with Crippen LogP contribution < -0.4 is 0 Å². The van der Waals surface area contributed by atoms with Gasteiger partial charge in [0.1, 0.15) is 17.7 Å². The monoisotopic (exact) mass is 335 g/mol. The van der Waals surface area contributed by atoms with Crippen molar-refractivity contribution in [1.82, 2.24) is 4.57 Å². The molecule has 0 fully saturated rings. The van der Waals surface area contributed by atoms with Crippen LogP contribution in [0.25, 0.3) is 17.0 Å². The van der Waals surface area contributed by atoms with Crippen molar-refractivity contribution < 1.29 is 0 Å². The highest BCUT2D eigenvalue weighted by molar-refractivity contribution is 5.89. The maximum atomic E-state index is 8.69. The summed E-state index contributed by atoms with van der Waals surface area (Å²) in [5.74, 6) is 0. The number of nitriles is 2. The first-order valence-corrected chi connectivity index (χ1v) is 8.29. The minimum atomic E-state index is 0.0924. The van der Waals surface area contributed by atoms with Crippen LogP contribution in [0.1, 0.15) is 11.1 Å². The van der Waals surface area contributed by atoms with Crippen LogP contribution in [0, 0.1) is 22.7 Å². The third kappa shape index (κ3) is 3.98. The van der Waals surface area contributed by atoms with E-state index in [0.29, 0.717) is 0 Å². The Morgan fingerprint density at radius 3 is 2.46 bits per heavy atom. The maximum absolute atomic E-state index is 8.69. The van der Waals surface area contributed by atoms with Gasteiger partial charge in [-0.05, 0) is 29.3 Å². The third-order valence-electron chi connectivity index (χ3n) is 4.04. The normalized spacial score (nSPS) is 10.8. The van der Waals surface area contributed by atoms with E-state index in [9.17, 15) is 0 Å². The number of hydrogen-bond donors (Lipinski definition) is 0. The fraction of sp³-hybridized carbons (Fsp3) is 0.0435. The Hall–Kier alpha value is -3.82. The number of allylic oxidation sites excluding steroid dienone is 5. The van der Waals surface area contributed by atoms with Crippen LogP contribution in [-0.2, 0) is 6.54 Å². The van der Waals surface area contributed by atoms with Crippen LogP contribution in [0.5, 0.6) is 0 Å². The van der Waals surface area contributed by atoms with Crippen molar-refractivity contribution in [3.63, 3.8) is 0 Å². The summed E-state index contributed by atoms with van der Waals surface area (Å²) in [6, 6.07) is 22.4. The number of fused-ring (bicyclic) bond motifs is 1. The van der Waals surface area contributed by atoms with Crippen LogP contribution in [0.15, 0.2) is 90.7 Å². The molecule has 0 spiro atoms. The molecular weight excluding hydrogens is 318 g/mol. The molecule has 1 heterocycles. The van der Waals surface area contributed by atoms with Gasteiger partial charge in [0.25, 0.3) is 0 Å². The first kappa shape index (κ1) is 17.0. The van der Waals surface area contributed by atoms with E-state index in [2.05, 4.69) is 59.3 Å². The second kappa shape index (κ2) is 8.33. The molecule has 0 aliphatic carbocycles. The fourth-order valence-corrected chi connectivity index (χ4v) is 2.79. The molecule has 0 unspecified atom stereocenters. The Labute approximate surface area is 153 Å². The van der Waals surface area contributed by atoms with Crippen molar-refractivity contribution >= 4 is 17.0 Å². The lowest BCUT2D eigenvalue weighted by Gasteiger charge is -2.06. The predicted octanol–water partition coefficient (Wildman–Crippen LogP) is 5.23. The summed E-state index contributed by atoms with van der Waals surface area (Å²) >= 11 is 0. The molecule has 0 bridgehead atoms. The van der Waals surface area contributed by atoms with E-state index in [1.807, 2.05) is 36.4 Å². The van der Waals surface area contributed by atoms with Crippen LogP contribution in [-0.4, -0.2) is 4.57 Å². The second-order valence-corrected chi connectivity index (χ2v) is 5.76. The van der Waals surface area contributed by atoms with E-state index >= 15 is 0 Å². The van der Waals surface area contributed by atoms with Gasteiger partial charge < -0.3 is 4.57 Å². The van der Waals surface area contributed by atoms with Crippen LogP contribution in [0.4, 0.5) is 0 Å². The molecule has 3 aromatic rings. The molecule has 0 N–H and O–H groups in total. The number of benzene rings is 2. The SMILES string of the molecule is N#CC(C#N)=C/C=C/C=C/c1cccc2c1ccn2Cc1ccccc1. The quantitative estimate of drug-likeness (QED) is 0.473.